The molecule has 0 spiro atoms. The summed E-state index contributed by atoms with van der Waals surface area (Å²) in [5.41, 5.74) is -1.26. The van der Waals surface area contributed by atoms with Gasteiger partial charge in [0, 0.05) is 24.4 Å². The lowest BCUT2D eigenvalue weighted by Crippen LogP contribution is -2.60. The number of amides is 4. The Morgan fingerprint density at radius 2 is 1.95 bits per heavy atom. The molecule has 38 heavy (non-hydrogen) atoms. The van der Waals surface area contributed by atoms with Crippen LogP contribution in [0.5, 0.6) is 0 Å². The summed E-state index contributed by atoms with van der Waals surface area (Å²) in [6, 6.07) is -1.62. The number of halogens is 3. The number of nitriles is 1. The molecule has 4 rings (SSSR count). The van der Waals surface area contributed by atoms with Crippen LogP contribution in [0, 0.1) is 46.3 Å². The van der Waals surface area contributed by atoms with Crippen LogP contribution in [-0.2, 0) is 19.2 Å². The topological polar surface area (TPSA) is 131 Å². The number of hydrogen-bond donors (Lipinski definition) is 3. The van der Waals surface area contributed by atoms with Crippen molar-refractivity contribution in [2.24, 2.45) is 35.0 Å². The molecule has 8 atom stereocenters. The highest BCUT2D eigenvalue weighted by atomic mass is 19.4. The number of carbonyl (C=O) groups is 4. The van der Waals surface area contributed by atoms with Crippen molar-refractivity contribution in [3.05, 3.63) is 24.8 Å². The van der Waals surface area contributed by atoms with Crippen LogP contribution in [0.2, 0.25) is 0 Å². The van der Waals surface area contributed by atoms with Crippen LogP contribution in [0.4, 0.5) is 13.2 Å². The van der Waals surface area contributed by atoms with E-state index in [1.807, 2.05) is 23.5 Å². The maximum atomic E-state index is 13.8. The van der Waals surface area contributed by atoms with Crippen LogP contribution in [0.1, 0.15) is 33.1 Å². The van der Waals surface area contributed by atoms with Crippen LogP contribution in [-0.4, -0.2) is 65.9 Å². The second-order valence-electron chi connectivity index (χ2n) is 11.3. The molecule has 3 N–H and O–H groups in total. The highest BCUT2D eigenvalue weighted by molar-refractivity contribution is 5.94. The molecule has 0 aromatic rings. The molecule has 0 aromatic heterocycles. The lowest BCUT2D eigenvalue weighted by Gasteiger charge is -2.37. The lowest BCUT2D eigenvalue weighted by molar-refractivity contribution is -0.176. The van der Waals surface area contributed by atoms with E-state index in [0.717, 1.165) is 6.42 Å². The molecule has 2 aliphatic heterocycles. The third-order valence-corrected chi connectivity index (χ3v) is 8.55. The number of rotatable bonds is 8. The molecule has 2 saturated heterocycles. The van der Waals surface area contributed by atoms with Crippen LogP contribution in [0.25, 0.3) is 0 Å². The fourth-order valence-corrected chi connectivity index (χ4v) is 6.40. The minimum Gasteiger partial charge on any atom is -0.356 e. The molecule has 1 saturated carbocycles. The van der Waals surface area contributed by atoms with E-state index in [2.05, 4.69) is 17.2 Å². The maximum Gasteiger partial charge on any atom is 0.471 e. The van der Waals surface area contributed by atoms with Crippen molar-refractivity contribution in [2.75, 3.05) is 13.1 Å². The van der Waals surface area contributed by atoms with E-state index in [9.17, 15) is 37.6 Å². The smallest absolute Gasteiger partial charge is 0.356 e. The van der Waals surface area contributed by atoms with Gasteiger partial charge in [0.2, 0.25) is 17.7 Å². The third kappa shape index (κ3) is 5.02. The molecule has 3 fully saturated rings. The first-order valence-electron chi connectivity index (χ1n) is 12.8. The van der Waals surface area contributed by atoms with E-state index in [4.69, 9.17) is 0 Å². The first-order valence-corrected chi connectivity index (χ1v) is 12.8. The summed E-state index contributed by atoms with van der Waals surface area (Å²) in [7, 11) is 0. The van der Waals surface area contributed by atoms with E-state index >= 15 is 0 Å². The number of hydrogen-bond acceptors (Lipinski definition) is 5. The van der Waals surface area contributed by atoms with Crippen molar-refractivity contribution >= 4 is 23.6 Å². The Kier molecular flexibility index (Phi) is 7.34. The van der Waals surface area contributed by atoms with Gasteiger partial charge < -0.3 is 20.9 Å². The van der Waals surface area contributed by atoms with Crippen LogP contribution in [0.15, 0.2) is 24.8 Å². The summed E-state index contributed by atoms with van der Waals surface area (Å²) in [5.74, 6) is -4.48. The highest BCUT2D eigenvalue weighted by Crippen LogP contribution is 2.54. The van der Waals surface area contributed by atoms with Gasteiger partial charge in [-0.3, -0.25) is 19.2 Å². The fraction of sp³-hybridized carbons (Fsp3) is 0.654. The zero-order valence-electron chi connectivity index (χ0n) is 21.3. The number of nitrogens with zero attached hydrogens (tertiary/aromatic N) is 2. The van der Waals surface area contributed by atoms with Crippen LogP contribution >= 0.6 is 0 Å². The van der Waals surface area contributed by atoms with Crippen molar-refractivity contribution < 1.29 is 32.3 Å². The van der Waals surface area contributed by atoms with Gasteiger partial charge in [-0.25, -0.2) is 0 Å². The Hall–Kier alpha value is -3.36. The highest BCUT2D eigenvalue weighted by Gasteiger charge is 2.59. The van der Waals surface area contributed by atoms with Crippen LogP contribution < -0.4 is 16.0 Å². The molecule has 2 heterocycles. The molecule has 206 valence electrons. The monoisotopic (exact) mass is 535 g/mol. The molecule has 2 aliphatic carbocycles. The first-order chi connectivity index (χ1) is 17.8. The number of allylic oxidation sites excluding steroid dienone is 2. The summed E-state index contributed by atoms with van der Waals surface area (Å²) < 4.78 is 39.4. The number of fused-ring (bicyclic) bond motifs is 5. The van der Waals surface area contributed by atoms with E-state index < -0.39 is 53.4 Å². The standard InChI is InChI=1S/C26H32F3N5O4/c1-4-25(2,3)20(33-24(38)26(27,28)29)23(37)34-12-17-13-5-6-14(9-13)18(17)19(34)22(36)32-16(11-30)10-15-7-8-31-21(15)35/h4-6,13-20H,1,7-10,12H2,2-3H3,(H,31,35)(H,32,36)(H,33,38). The largest absolute Gasteiger partial charge is 0.471 e. The number of nitrogens with one attached hydrogen (secondary N) is 3. The Bertz CT molecular complexity index is 1100. The molecule has 0 radical (unpaired) electrons. The number of alkyl halides is 3. The maximum absolute atomic E-state index is 13.8. The second kappa shape index (κ2) is 10.1. The molecule has 0 aromatic carbocycles. The number of carbonyl (C=O) groups excluding carboxylic acids is 4. The molecule has 8 unspecified atom stereocenters. The van der Waals surface area contributed by atoms with Crippen molar-refractivity contribution in [3.8, 4) is 6.07 Å². The van der Waals surface area contributed by atoms with Gasteiger partial charge in [-0.15, -0.1) is 6.58 Å². The van der Waals surface area contributed by atoms with Gasteiger partial charge in [0.1, 0.15) is 18.1 Å². The summed E-state index contributed by atoms with van der Waals surface area (Å²) in [6.07, 6.45) is 1.60. The Morgan fingerprint density at radius 1 is 1.26 bits per heavy atom. The van der Waals surface area contributed by atoms with Gasteiger partial charge >= 0.3 is 12.1 Å². The van der Waals surface area contributed by atoms with Gasteiger partial charge in [-0.2, -0.15) is 18.4 Å². The molecule has 4 amide bonds. The molecular formula is C26H32F3N5O4. The fourth-order valence-electron chi connectivity index (χ4n) is 6.40. The molecule has 2 bridgehead atoms. The molecule has 4 aliphatic rings. The van der Waals surface area contributed by atoms with Crippen molar-refractivity contribution in [3.63, 3.8) is 0 Å². The van der Waals surface area contributed by atoms with Crippen molar-refractivity contribution in [1.82, 2.24) is 20.9 Å². The minimum absolute atomic E-state index is 0.00956. The van der Waals surface area contributed by atoms with E-state index in [0.29, 0.717) is 13.0 Å². The lowest BCUT2D eigenvalue weighted by atomic mass is 9.81. The summed E-state index contributed by atoms with van der Waals surface area (Å²) >= 11 is 0. The second-order valence-corrected chi connectivity index (χ2v) is 11.3. The first kappa shape index (κ1) is 27.7. The van der Waals surface area contributed by atoms with E-state index in [1.54, 1.807) is 0 Å². The predicted molar refractivity (Wildman–Crippen MR) is 128 cm³/mol. The molecular weight excluding hydrogens is 503 g/mol. The van der Waals surface area contributed by atoms with Gasteiger partial charge in [-0.1, -0.05) is 32.1 Å². The predicted octanol–water partition coefficient (Wildman–Crippen LogP) is 1.43. The van der Waals surface area contributed by atoms with Gasteiger partial charge in [0.05, 0.1) is 6.07 Å². The third-order valence-electron chi connectivity index (χ3n) is 8.55. The Morgan fingerprint density at radius 3 is 2.53 bits per heavy atom. The van der Waals surface area contributed by atoms with Crippen molar-refractivity contribution in [2.45, 2.75) is 57.4 Å². The normalized spacial score (nSPS) is 31.3. The Labute approximate surface area is 218 Å². The van der Waals surface area contributed by atoms with Crippen LogP contribution in [0.3, 0.4) is 0 Å². The molecule has 12 heteroatoms. The molecule has 9 nitrogen and oxygen atoms in total. The number of likely N-dealkylation sites (tertiary alicyclic amines) is 1. The van der Waals surface area contributed by atoms with Crippen molar-refractivity contribution in [1.29, 1.82) is 5.26 Å². The zero-order valence-corrected chi connectivity index (χ0v) is 21.3. The van der Waals surface area contributed by atoms with Gasteiger partial charge in [0.15, 0.2) is 0 Å². The van der Waals surface area contributed by atoms with Gasteiger partial charge in [0.25, 0.3) is 0 Å². The quantitative estimate of drug-likeness (QED) is 0.405. The summed E-state index contributed by atoms with van der Waals surface area (Å²) in [6.45, 7) is 7.21. The minimum atomic E-state index is -5.20. The average Bonchev–Trinajstić information content (AvgIpc) is 3.63. The summed E-state index contributed by atoms with van der Waals surface area (Å²) in [4.78, 5) is 52.6. The summed E-state index contributed by atoms with van der Waals surface area (Å²) in [5, 5.41) is 16.9. The van der Waals surface area contributed by atoms with Gasteiger partial charge in [-0.05, 0) is 42.9 Å². The van der Waals surface area contributed by atoms with E-state index in [-0.39, 0.29) is 42.5 Å². The average molecular weight is 536 g/mol. The SMILES string of the molecule is C=CC(C)(C)C(NC(=O)C(F)(F)F)C(=O)N1CC2C3C=CC(C3)C2C1C(=O)NC(C#N)CC1CCNC1=O. The van der Waals surface area contributed by atoms with E-state index in [1.165, 1.54) is 24.8 Å². The zero-order chi connectivity index (χ0) is 28.0. The Balaban J connectivity index is 1.61.